The second-order valence-electron chi connectivity index (χ2n) is 6.62. The highest BCUT2D eigenvalue weighted by Crippen LogP contribution is 2.25. The van der Waals surface area contributed by atoms with E-state index in [0.29, 0.717) is 13.2 Å². The van der Waals surface area contributed by atoms with E-state index in [1.807, 2.05) is 44.2 Å². The topological polar surface area (TPSA) is 84.9 Å². The standard InChI is InChI=1S/C20H27NO5S/c1-15-9-10-20(27(3,23)24)19(11-15)26-14-17(22)12-21-16(2)13-25-18-7-5-4-6-8-18/h4-11,16-17,21-22H,12-14H2,1-3H3. The van der Waals surface area contributed by atoms with E-state index in [1.165, 1.54) is 6.07 Å². The number of rotatable bonds is 10. The van der Waals surface area contributed by atoms with Gasteiger partial charge < -0.3 is 19.9 Å². The molecule has 27 heavy (non-hydrogen) atoms. The van der Waals surface area contributed by atoms with Crippen molar-refractivity contribution in [2.45, 2.75) is 30.9 Å². The number of sulfone groups is 1. The molecule has 0 aliphatic heterocycles. The van der Waals surface area contributed by atoms with Crippen LogP contribution in [-0.2, 0) is 9.84 Å². The zero-order chi connectivity index (χ0) is 19.9. The zero-order valence-corrected chi connectivity index (χ0v) is 16.7. The third-order valence-electron chi connectivity index (χ3n) is 3.88. The Morgan fingerprint density at radius 2 is 1.78 bits per heavy atom. The lowest BCUT2D eigenvalue weighted by Gasteiger charge is -2.19. The van der Waals surface area contributed by atoms with Crippen LogP contribution in [0.2, 0.25) is 0 Å². The number of aryl methyl sites for hydroxylation is 1. The molecule has 2 aromatic rings. The van der Waals surface area contributed by atoms with Gasteiger partial charge in [-0.3, -0.25) is 0 Å². The van der Waals surface area contributed by atoms with Crippen LogP contribution in [0.25, 0.3) is 0 Å². The number of nitrogens with one attached hydrogen (secondary N) is 1. The largest absolute Gasteiger partial charge is 0.492 e. The van der Waals surface area contributed by atoms with E-state index in [4.69, 9.17) is 9.47 Å². The first-order valence-electron chi connectivity index (χ1n) is 8.78. The van der Waals surface area contributed by atoms with Crippen molar-refractivity contribution in [1.29, 1.82) is 0 Å². The molecule has 0 aromatic heterocycles. The number of para-hydroxylation sites is 1. The highest BCUT2D eigenvalue weighted by molar-refractivity contribution is 7.90. The van der Waals surface area contributed by atoms with Crippen molar-refractivity contribution in [3.63, 3.8) is 0 Å². The summed E-state index contributed by atoms with van der Waals surface area (Å²) in [5, 5.41) is 13.3. The zero-order valence-electron chi connectivity index (χ0n) is 15.9. The molecule has 0 heterocycles. The van der Waals surface area contributed by atoms with Gasteiger partial charge in [-0.15, -0.1) is 0 Å². The molecule has 0 aliphatic rings. The molecule has 0 radical (unpaired) electrons. The molecule has 0 spiro atoms. The van der Waals surface area contributed by atoms with Gasteiger partial charge in [0.25, 0.3) is 0 Å². The molecule has 2 N–H and O–H groups in total. The lowest BCUT2D eigenvalue weighted by atomic mass is 10.2. The Bertz CT molecular complexity index is 824. The van der Waals surface area contributed by atoms with Crippen molar-refractivity contribution in [3.8, 4) is 11.5 Å². The first kappa shape index (κ1) is 21.2. The normalized spacial score (nSPS) is 13.8. The average Bonchev–Trinajstić information content (AvgIpc) is 2.63. The minimum absolute atomic E-state index is 0.00869. The van der Waals surface area contributed by atoms with Gasteiger partial charge in [-0.05, 0) is 43.7 Å². The van der Waals surface area contributed by atoms with Gasteiger partial charge in [0.05, 0.1) is 0 Å². The number of hydrogen-bond acceptors (Lipinski definition) is 6. The van der Waals surface area contributed by atoms with Crippen LogP contribution in [0.15, 0.2) is 53.4 Å². The molecule has 2 rings (SSSR count). The molecule has 0 bridgehead atoms. The summed E-state index contributed by atoms with van der Waals surface area (Å²) >= 11 is 0. The monoisotopic (exact) mass is 393 g/mol. The molecule has 7 heteroatoms. The Hall–Kier alpha value is -2.09. The van der Waals surface area contributed by atoms with Gasteiger partial charge in [-0.1, -0.05) is 24.3 Å². The lowest BCUT2D eigenvalue weighted by molar-refractivity contribution is 0.100. The Balaban J connectivity index is 1.79. The van der Waals surface area contributed by atoms with Gasteiger partial charge in [-0.2, -0.15) is 0 Å². The maximum absolute atomic E-state index is 11.8. The summed E-state index contributed by atoms with van der Waals surface area (Å²) in [5.41, 5.74) is 0.886. The van der Waals surface area contributed by atoms with Crippen LogP contribution in [0.1, 0.15) is 12.5 Å². The van der Waals surface area contributed by atoms with Crippen molar-refractivity contribution >= 4 is 9.84 Å². The highest BCUT2D eigenvalue weighted by atomic mass is 32.2. The molecule has 148 valence electrons. The fourth-order valence-electron chi connectivity index (χ4n) is 2.41. The summed E-state index contributed by atoms with van der Waals surface area (Å²) in [5.74, 6) is 1.06. The van der Waals surface area contributed by atoms with Gasteiger partial charge in [0.1, 0.15) is 35.7 Å². The van der Waals surface area contributed by atoms with E-state index >= 15 is 0 Å². The van der Waals surface area contributed by atoms with Gasteiger partial charge in [0.15, 0.2) is 9.84 Å². The van der Waals surface area contributed by atoms with Crippen LogP contribution < -0.4 is 14.8 Å². The van der Waals surface area contributed by atoms with Gasteiger partial charge in [-0.25, -0.2) is 8.42 Å². The number of hydrogen-bond donors (Lipinski definition) is 2. The van der Waals surface area contributed by atoms with Crippen LogP contribution in [0.3, 0.4) is 0 Å². The van der Waals surface area contributed by atoms with Crippen molar-refractivity contribution in [2.24, 2.45) is 0 Å². The van der Waals surface area contributed by atoms with Crippen molar-refractivity contribution in [2.75, 3.05) is 26.0 Å². The molecule has 0 fully saturated rings. The Morgan fingerprint density at radius 3 is 2.44 bits per heavy atom. The number of aliphatic hydroxyl groups is 1. The third kappa shape index (κ3) is 7.21. The number of ether oxygens (including phenoxy) is 2. The van der Waals surface area contributed by atoms with E-state index < -0.39 is 15.9 Å². The fraction of sp³-hybridized carbons (Fsp3) is 0.400. The van der Waals surface area contributed by atoms with Crippen molar-refractivity contribution < 1.29 is 23.0 Å². The molecule has 0 aliphatic carbocycles. The third-order valence-corrected chi connectivity index (χ3v) is 5.01. The predicted molar refractivity (Wildman–Crippen MR) is 105 cm³/mol. The van der Waals surface area contributed by atoms with E-state index in [0.717, 1.165) is 17.6 Å². The molecule has 0 saturated heterocycles. The molecule has 2 aromatic carbocycles. The predicted octanol–water partition coefficient (Wildman–Crippen LogP) is 2.20. The SMILES string of the molecule is Cc1ccc(S(C)(=O)=O)c(OCC(O)CNC(C)COc2ccccc2)c1. The summed E-state index contributed by atoms with van der Waals surface area (Å²) in [6, 6.07) is 14.4. The Kier molecular flexibility index (Phi) is 7.65. The van der Waals surface area contributed by atoms with Gasteiger partial charge in [0.2, 0.25) is 0 Å². The van der Waals surface area contributed by atoms with Crippen molar-refractivity contribution in [3.05, 3.63) is 54.1 Å². The maximum atomic E-state index is 11.8. The van der Waals surface area contributed by atoms with E-state index in [2.05, 4.69) is 5.32 Å². The number of aliphatic hydroxyl groups excluding tert-OH is 1. The summed E-state index contributed by atoms with van der Waals surface area (Å²) in [6.07, 6.45) is 0.355. The quantitative estimate of drug-likeness (QED) is 0.644. The maximum Gasteiger partial charge on any atom is 0.179 e. The summed E-state index contributed by atoms with van der Waals surface area (Å²) in [7, 11) is -3.40. The van der Waals surface area contributed by atoms with Crippen LogP contribution in [0.4, 0.5) is 0 Å². The second kappa shape index (κ2) is 9.73. The number of benzene rings is 2. The molecule has 6 nitrogen and oxygen atoms in total. The van der Waals surface area contributed by atoms with Gasteiger partial charge in [0, 0.05) is 18.8 Å². The molecular weight excluding hydrogens is 366 g/mol. The van der Waals surface area contributed by atoms with Crippen molar-refractivity contribution in [1.82, 2.24) is 5.32 Å². The highest BCUT2D eigenvalue weighted by Gasteiger charge is 2.16. The van der Waals surface area contributed by atoms with Crippen LogP contribution >= 0.6 is 0 Å². The van der Waals surface area contributed by atoms with Gasteiger partial charge >= 0.3 is 0 Å². The first-order valence-corrected chi connectivity index (χ1v) is 10.7. The fourth-order valence-corrected chi connectivity index (χ4v) is 3.21. The summed E-state index contributed by atoms with van der Waals surface area (Å²) in [6.45, 7) is 4.57. The summed E-state index contributed by atoms with van der Waals surface area (Å²) < 4.78 is 34.9. The van der Waals surface area contributed by atoms with Crippen LogP contribution in [0.5, 0.6) is 11.5 Å². The molecular formula is C20H27NO5S. The summed E-state index contributed by atoms with van der Waals surface area (Å²) in [4.78, 5) is 0.123. The van der Waals surface area contributed by atoms with E-state index in [9.17, 15) is 13.5 Å². The van der Waals surface area contributed by atoms with Crippen LogP contribution in [0, 0.1) is 6.92 Å². The lowest BCUT2D eigenvalue weighted by Crippen LogP contribution is -2.39. The second-order valence-corrected chi connectivity index (χ2v) is 8.60. The molecule has 0 amide bonds. The molecule has 2 atom stereocenters. The van der Waals surface area contributed by atoms with E-state index in [-0.39, 0.29) is 23.3 Å². The Morgan fingerprint density at radius 1 is 1.07 bits per heavy atom. The molecule has 0 saturated carbocycles. The van der Waals surface area contributed by atoms with Crippen LogP contribution in [-0.4, -0.2) is 51.7 Å². The smallest absolute Gasteiger partial charge is 0.179 e. The first-order chi connectivity index (χ1) is 12.8. The average molecular weight is 394 g/mol. The Labute approximate surface area is 161 Å². The minimum atomic E-state index is -3.40. The van der Waals surface area contributed by atoms with E-state index in [1.54, 1.807) is 12.1 Å². The minimum Gasteiger partial charge on any atom is -0.492 e. The molecule has 2 unspecified atom stereocenters.